The highest BCUT2D eigenvalue weighted by atomic mass is 16.5. The van der Waals surface area contributed by atoms with Crippen LogP contribution < -0.4 is 4.74 Å². The van der Waals surface area contributed by atoms with Gasteiger partial charge >= 0.3 is 0 Å². The lowest BCUT2D eigenvalue weighted by Gasteiger charge is -2.45. The Morgan fingerprint density at radius 3 is 3.00 bits per heavy atom. The standard InChI is InChI=1S/C15H20O3/c1-17-11-5-4-8-15(9-11)10-13(16)12-6-2-3-7-14(12)18-15/h2-3,6-7,11,13,16H,4-5,8-10H2,1H3/t11?,13-,15?/m1/s1. The van der Waals surface area contributed by atoms with Gasteiger partial charge in [0, 0.05) is 25.5 Å². The molecule has 3 heteroatoms. The monoisotopic (exact) mass is 248 g/mol. The van der Waals surface area contributed by atoms with Crippen LogP contribution in [0.5, 0.6) is 5.75 Å². The van der Waals surface area contributed by atoms with Crippen LogP contribution in [0.25, 0.3) is 0 Å². The van der Waals surface area contributed by atoms with E-state index in [-0.39, 0.29) is 11.7 Å². The first-order chi connectivity index (χ1) is 8.72. The number of benzene rings is 1. The van der Waals surface area contributed by atoms with Crippen LogP contribution in [0.1, 0.15) is 43.8 Å². The molecule has 18 heavy (non-hydrogen) atoms. The topological polar surface area (TPSA) is 38.7 Å². The summed E-state index contributed by atoms with van der Waals surface area (Å²) in [6.45, 7) is 0. The molecule has 2 aliphatic rings. The summed E-state index contributed by atoms with van der Waals surface area (Å²) in [5.74, 6) is 0.841. The molecule has 3 nitrogen and oxygen atoms in total. The summed E-state index contributed by atoms with van der Waals surface area (Å²) in [7, 11) is 1.76. The first kappa shape index (κ1) is 12.0. The smallest absolute Gasteiger partial charge is 0.125 e. The zero-order chi connectivity index (χ0) is 12.6. The normalized spacial score (nSPS) is 35.0. The van der Waals surface area contributed by atoms with E-state index in [1.165, 1.54) is 0 Å². The lowest BCUT2D eigenvalue weighted by Crippen LogP contribution is -2.46. The molecule has 1 spiro atoms. The predicted molar refractivity (Wildman–Crippen MR) is 68.6 cm³/mol. The Kier molecular flexibility index (Phi) is 3.04. The molecule has 0 radical (unpaired) electrons. The number of fused-ring (bicyclic) bond motifs is 1. The molecule has 1 aliphatic carbocycles. The summed E-state index contributed by atoms with van der Waals surface area (Å²) in [5, 5.41) is 10.3. The molecule has 1 aromatic rings. The van der Waals surface area contributed by atoms with Gasteiger partial charge in [-0.05, 0) is 25.3 Å². The SMILES string of the molecule is COC1CCCC2(C1)C[C@@H](O)c1ccccc1O2. The lowest BCUT2D eigenvalue weighted by atomic mass is 9.76. The Morgan fingerprint density at radius 1 is 1.33 bits per heavy atom. The Hall–Kier alpha value is -1.06. The number of methoxy groups -OCH3 is 1. The first-order valence-electron chi connectivity index (χ1n) is 6.71. The van der Waals surface area contributed by atoms with Gasteiger partial charge in [0.05, 0.1) is 12.2 Å². The number of para-hydroxylation sites is 1. The minimum atomic E-state index is -0.412. The summed E-state index contributed by atoms with van der Waals surface area (Å²) in [4.78, 5) is 0. The van der Waals surface area contributed by atoms with Gasteiger partial charge in [-0.2, -0.15) is 0 Å². The molecule has 0 aromatic heterocycles. The first-order valence-corrected chi connectivity index (χ1v) is 6.71. The lowest BCUT2D eigenvalue weighted by molar-refractivity contribution is -0.0796. The molecule has 1 aromatic carbocycles. The van der Waals surface area contributed by atoms with Crippen LogP contribution in [0.2, 0.25) is 0 Å². The van der Waals surface area contributed by atoms with Crippen LogP contribution >= 0.6 is 0 Å². The molecule has 3 rings (SSSR count). The van der Waals surface area contributed by atoms with Crippen LogP contribution in [-0.4, -0.2) is 23.9 Å². The Morgan fingerprint density at radius 2 is 2.17 bits per heavy atom. The minimum absolute atomic E-state index is 0.229. The summed E-state index contributed by atoms with van der Waals surface area (Å²) >= 11 is 0. The van der Waals surface area contributed by atoms with Gasteiger partial charge in [-0.15, -0.1) is 0 Å². The fourth-order valence-corrected chi connectivity index (χ4v) is 3.34. The van der Waals surface area contributed by atoms with Gasteiger partial charge in [0.25, 0.3) is 0 Å². The number of rotatable bonds is 1. The maximum absolute atomic E-state index is 10.3. The van der Waals surface area contributed by atoms with Gasteiger partial charge in [-0.25, -0.2) is 0 Å². The molecule has 1 N–H and O–H groups in total. The molecule has 1 aliphatic heterocycles. The molecule has 1 fully saturated rings. The van der Waals surface area contributed by atoms with Crippen molar-refractivity contribution in [2.45, 2.75) is 49.9 Å². The maximum Gasteiger partial charge on any atom is 0.125 e. The molecular weight excluding hydrogens is 228 g/mol. The Labute approximate surface area is 108 Å². The number of aliphatic hydroxyl groups excluding tert-OH is 1. The van der Waals surface area contributed by atoms with Crippen molar-refractivity contribution in [3.8, 4) is 5.75 Å². The van der Waals surface area contributed by atoms with E-state index < -0.39 is 6.10 Å². The quantitative estimate of drug-likeness (QED) is 0.830. The third-order valence-electron chi connectivity index (χ3n) is 4.26. The van der Waals surface area contributed by atoms with Crippen molar-refractivity contribution in [1.29, 1.82) is 0 Å². The van der Waals surface area contributed by atoms with Crippen LogP contribution in [0.4, 0.5) is 0 Å². The molecule has 2 unspecified atom stereocenters. The van der Waals surface area contributed by atoms with Gasteiger partial charge in [0.15, 0.2) is 0 Å². The van der Waals surface area contributed by atoms with E-state index in [9.17, 15) is 5.11 Å². The fourth-order valence-electron chi connectivity index (χ4n) is 3.34. The van der Waals surface area contributed by atoms with E-state index in [1.54, 1.807) is 7.11 Å². The molecule has 1 saturated carbocycles. The van der Waals surface area contributed by atoms with E-state index in [0.717, 1.165) is 37.0 Å². The van der Waals surface area contributed by atoms with Gasteiger partial charge in [0.2, 0.25) is 0 Å². The molecular formula is C15H20O3. The predicted octanol–water partition coefficient (Wildman–Crippen LogP) is 2.83. The third-order valence-corrected chi connectivity index (χ3v) is 4.26. The van der Waals surface area contributed by atoms with Crippen molar-refractivity contribution < 1.29 is 14.6 Å². The maximum atomic E-state index is 10.3. The number of hydrogen-bond donors (Lipinski definition) is 1. The zero-order valence-corrected chi connectivity index (χ0v) is 10.8. The largest absolute Gasteiger partial charge is 0.487 e. The van der Waals surface area contributed by atoms with E-state index >= 15 is 0 Å². The highest BCUT2D eigenvalue weighted by Crippen LogP contribution is 2.46. The number of aliphatic hydroxyl groups is 1. The van der Waals surface area contributed by atoms with Crippen molar-refractivity contribution in [3.63, 3.8) is 0 Å². The molecule has 3 atom stereocenters. The second-order valence-corrected chi connectivity index (χ2v) is 5.50. The second-order valence-electron chi connectivity index (χ2n) is 5.50. The van der Waals surface area contributed by atoms with E-state index in [0.29, 0.717) is 6.42 Å². The minimum Gasteiger partial charge on any atom is -0.487 e. The van der Waals surface area contributed by atoms with E-state index in [4.69, 9.17) is 9.47 Å². The second kappa shape index (κ2) is 4.56. The van der Waals surface area contributed by atoms with E-state index in [1.807, 2.05) is 24.3 Å². The molecule has 0 amide bonds. The van der Waals surface area contributed by atoms with Crippen LogP contribution in [0.3, 0.4) is 0 Å². The van der Waals surface area contributed by atoms with Gasteiger partial charge in [-0.3, -0.25) is 0 Å². The van der Waals surface area contributed by atoms with E-state index in [2.05, 4.69) is 0 Å². The number of hydrogen-bond acceptors (Lipinski definition) is 3. The Balaban J connectivity index is 1.88. The van der Waals surface area contributed by atoms with Crippen molar-refractivity contribution in [2.75, 3.05) is 7.11 Å². The fraction of sp³-hybridized carbons (Fsp3) is 0.600. The highest BCUT2D eigenvalue weighted by Gasteiger charge is 2.44. The average Bonchev–Trinajstić information content (AvgIpc) is 2.38. The van der Waals surface area contributed by atoms with Crippen molar-refractivity contribution in [3.05, 3.63) is 29.8 Å². The van der Waals surface area contributed by atoms with Gasteiger partial charge in [-0.1, -0.05) is 18.2 Å². The van der Waals surface area contributed by atoms with Crippen molar-refractivity contribution >= 4 is 0 Å². The van der Waals surface area contributed by atoms with Crippen LogP contribution in [0, 0.1) is 0 Å². The summed E-state index contributed by atoms with van der Waals surface area (Å²) in [5.41, 5.74) is 0.690. The van der Waals surface area contributed by atoms with Crippen molar-refractivity contribution in [2.24, 2.45) is 0 Å². The van der Waals surface area contributed by atoms with Gasteiger partial charge < -0.3 is 14.6 Å². The molecule has 0 saturated heterocycles. The Bertz CT molecular complexity index is 432. The highest BCUT2D eigenvalue weighted by molar-refractivity contribution is 5.38. The molecule has 98 valence electrons. The van der Waals surface area contributed by atoms with Crippen LogP contribution in [-0.2, 0) is 4.74 Å². The number of ether oxygens (including phenoxy) is 2. The average molecular weight is 248 g/mol. The summed E-state index contributed by atoms with van der Waals surface area (Å²) < 4.78 is 11.7. The van der Waals surface area contributed by atoms with Crippen LogP contribution in [0.15, 0.2) is 24.3 Å². The molecule has 1 heterocycles. The van der Waals surface area contributed by atoms with Crippen molar-refractivity contribution in [1.82, 2.24) is 0 Å². The third kappa shape index (κ3) is 2.02. The summed E-state index contributed by atoms with van der Waals surface area (Å²) in [6.07, 6.45) is 4.63. The summed E-state index contributed by atoms with van der Waals surface area (Å²) in [6, 6.07) is 7.81. The van der Waals surface area contributed by atoms with Gasteiger partial charge in [0.1, 0.15) is 11.4 Å². The molecule has 0 bridgehead atoms. The zero-order valence-electron chi connectivity index (χ0n) is 10.8.